The molecule has 188 valence electrons. The van der Waals surface area contributed by atoms with Gasteiger partial charge in [0.2, 0.25) is 5.89 Å². The Kier molecular flexibility index (Phi) is 8.38. The number of rotatable bonds is 10. The molecule has 0 radical (unpaired) electrons. The van der Waals surface area contributed by atoms with Gasteiger partial charge in [-0.05, 0) is 60.2 Å². The fourth-order valence-corrected chi connectivity index (χ4v) is 3.83. The molecule has 1 heterocycles. The third-order valence-corrected chi connectivity index (χ3v) is 5.79. The number of alkyl halides is 3. The first-order valence-electron chi connectivity index (χ1n) is 11.5. The molecule has 0 unspecified atom stereocenters. The maximum atomic E-state index is 12.9. The number of carboxylic acids is 1. The van der Waals surface area contributed by atoms with Crippen LogP contribution in [0.1, 0.15) is 72.7 Å². The standard InChI is InChI=1S/C27H30F3NO4/c1-16(2)24-25(35-26(31-24)21-7-10-22(11-8-21)27(28,29)30)18(4)14-34-15-19-5-6-20(17(3)13-19)9-12-23(32)33/h5-8,10-11,13,16,18H,9,12,14-15H2,1-4H3,(H,32,33)/t18-/m1/s1. The van der Waals surface area contributed by atoms with Crippen LogP contribution in [-0.4, -0.2) is 22.7 Å². The average molecular weight is 490 g/mol. The maximum absolute atomic E-state index is 12.9. The van der Waals surface area contributed by atoms with Gasteiger partial charge in [0.05, 0.1) is 24.5 Å². The molecule has 0 aliphatic rings. The molecule has 0 fully saturated rings. The van der Waals surface area contributed by atoms with Gasteiger partial charge >= 0.3 is 12.1 Å². The van der Waals surface area contributed by atoms with Gasteiger partial charge in [-0.25, -0.2) is 4.98 Å². The highest BCUT2D eigenvalue weighted by atomic mass is 19.4. The zero-order valence-corrected chi connectivity index (χ0v) is 20.3. The molecule has 2 aromatic carbocycles. The van der Waals surface area contributed by atoms with Crippen molar-refractivity contribution >= 4 is 5.97 Å². The molecule has 0 aliphatic carbocycles. The Balaban J connectivity index is 1.67. The lowest BCUT2D eigenvalue weighted by Crippen LogP contribution is -2.07. The summed E-state index contributed by atoms with van der Waals surface area (Å²) in [5.41, 5.74) is 3.54. The summed E-state index contributed by atoms with van der Waals surface area (Å²) in [5, 5.41) is 8.87. The van der Waals surface area contributed by atoms with Crippen molar-refractivity contribution in [3.63, 3.8) is 0 Å². The van der Waals surface area contributed by atoms with Gasteiger partial charge in [0, 0.05) is 17.9 Å². The van der Waals surface area contributed by atoms with Crippen LogP contribution in [-0.2, 0) is 28.7 Å². The first-order chi connectivity index (χ1) is 16.5. The van der Waals surface area contributed by atoms with Gasteiger partial charge in [0.1, 0.15) is 5.76 Å². The van der Waals surface area contributed by atoms with Crippen LogP contribution in [0, 0.1) is 6.92 Å². The lowest BCUT2D eigenvalue weighted by molar-refractivity contribution is -0.138. The summed E-state index contributed by atoms with van der Waals surface area (Å²) in [7, 11) is 0. The molecule has 5 nitrogen and oxygen atoms in total. The van der Waals surface area contributed by atoms with E-state index in [2.05, 4.69) is 4.98 Å². The van der Waals surface area contributed by atoms with Gasteiger partial charge < -0.3 is 14.3 Å². The van der Waals surface area contributed by atoms with Crippen LogP contribution in [0.15, 0.2) is 46.9 Å². The minimum Gasteiger partial charge on any atom is -0.481 e. The summed E-state index contributed by atoms with van der Waals surface area (Å²) in [6.45, 7) is 8.65. The Morgan fingerprint density at radius 2 is 1.80 bits per heavy atom. The van der Waals surface area contributed by atoms with Crippen LogP contribution in [0.3, 0.4) is 0 Å². The van der Waals surface area contributed by atoms with Crippen molar-refractivity contribution in [2.75, 3.05) is 6.61 Å². The molecule has 0 saturated heterocycles. The van der Waals surface area contributed by atoms with Crippen LogP contribution < -0.4 is 0 Å². The Labute approximate surface area is 203 Å². The Bertz CT molecular complexity index is 1150. The molecule has 0 amide bonds. The summed E-state index contributed by atoms with van der Waals surface area (Å²) in [6.07, 6.45) is -3.81. The third-order valence-electron chi connectivity index (χ3n) is 5.79. The molecule has 35 heavy (non-hydrogen) atoms. The first-order valence-corrected chi connectivity index (χ1v) is 11.5. The zero-order chi connectivity index (χ0) is 25.8. The van der Waals surface area contributed by atoms with Crippen molar-refractivity contribution in [2.24, 2.45) is 0 Å². The second kappa shape index (κ2) is 11.1. The third kappa shape index (κ3) is 6.94. The fraction of sp³-hybridized carbons (Fsp3) is 0.407. The minimum atomic E-state index is -4.40. The predicted octanol–water partition coefficient (Wildman–Crippen LogP) is 7.13. The van der Waals surface area contributed by atoms with Gasteiger partial charge in [0.15, 0.2) is 0 Å². The van der Waals surface area contributed by atoms with E-state index in [9.17, 15) is 18.0 Å². The summed E-state index contributed by atoms with van der Waals surface area (Å²) < 4.78 is 50.6. The summed E-state index contributed by atoms with van der Waals surface area (Å²) in [4.78, 5) is 15.4. The van der Waals surface area contributed by atoms with E-state index < -0.39 is 17.7 Å². The van der Waals surface area contributed by atoms with E-state index in [1.54, 1.807) is 0 Å². The van der Waals surface area contributed by atoms with E-state index in [4.69, 9.17) is 14.3 Å². The van der Waals surface area contributed by atoms with Gasteiger partial charge in [-0.1, -0.05) is 39.0 Å². The number of hydrogen-bond donors (Lipinski definition) is 1. The number of oxazole rings is 1. The number of aromatic nitrogens is 1. The number of halogens is 3. The van der Waals surface area contributed by atoms with Gasteiger partial charge in [-0.3, -0.25) is 4.79 Å². The van der Waals surface area contributed by atoms with E-state index in [1.807, 2.05) is 45.9 Å². The van der Waals surface area contributed by atoms with Crippen molar-refractivity contribution < 1.29 is 32.2 Å². The van der Waals surface area contributed by atoms with Crippen LogP contribution >= 0.6 is 0 Å². The molecule has 1 atom stereocenters. The molecule has 0 aliphatic heterocycles. The van der Waals surface area contributed by atoms with Crippen molar-refractivity contribution in [3.05, 3.63) is 76.2 Å². The molecule has 3 aromatic rings. The second-order valence-electron chi connectivity index (χ2n) is 9.07. The van der Waals surface area contributed by atoms with E-state index in [0.29, 0.717) is 31.0 Å². The number of ether oxygens (including phenoxy) is 1. The number of carboxylic acid groups (broad SMARTS) is 1. The SMILES string of the molecule is Cc1cc(COC[C@@H](C)c2oc(-c3ccc(C(F)(F)F)cc3)nc2C(C)C)ccc1CCC(=O)O. The Morgan fingerprint density at radius 3 is 2.37 bits per heavy atom. The van der Waals surface area contributed by atoms with Crippen LogP contribution in [0.25, 0.3) is 11.5 Å². The number of nitrogens with zero attached hydrogens (tertiary/aromatic N) is 1. The van der Waals surface area contributed by atoms with Crippen LogP contribution in [0.4, 0.5) is 13.2 Å². The van der Waals surface area contributed by atoms with Crippen LogP contribution in [0.5, 0.6) is 0 Å². The van der Waals surface area contributed by atoms with Gasteiger partial charge in [-0.2, -0.15) is 13.2 Å². The smallest absolute Gasteiger partial charge is 0.416 e. The number of carbonyl (C=O) groups is 1. The van der Waals surface area contributed by atoms with Crippen molar-refractivity contribution in [2.45, 2.75) is 65.2 Å². The number of aliphatic carboxylic acids is 1. The highest BCUT2D eigenvalue weighted by Crippen LogP contribution is 2.34. The number of hydrogen-bond acceptors (Lipinski definition) is 4. The normalized spacial score (nSPS) is 12.8. The molecule has 0 spiro atoms. The van der Waals surface area contributed by atoms with Crippen LogP contribution in [0.2, 0.25) is 0 Å². The summed E-state index contributed by atoms with van der Waals surface area (Å²) >= 11 is 0. The second-order valence-corrected chi connectivity index (χ2v) is 9.07. The summed E-state index contributed by atoms with van der Waals surface area (Å²) in [5.74, 6) is 0.0897. The zero-order valence-electron chi connectivity index (χ0n) is 20.3. The minimum absolute atomic E-state index is 0.0698. The highest BCUT2D eigenvalue weighted by molar-refractivity contribution is 5.67. The van der Waals surface area contributed by atoms with Crippen molar-refractivity contribution in [1.82, 2.24) is 4.98 Å². The Morgan fingerprint density at radius 1 is 1.11 bits per heavy atom. The lowest BCUT2D eigenvalue weighted by Gasteiger charge is -2.13. The average Bonchev–Trinajstić information content (AvgIpc) is 3.24. The van der Waals surface area contributed by atoms with Gasteiger partial charge in [-0.15, -0.1) is 0 Å². The van der Waals surface area contributed by atoms with Gasteiger partial charge in [0.25, 0.3) is 0 Å². The first kappa shape index (κ1) is 26.5. The molecule has 0 saturated carbocycles. The number of aryl methyl sites for hydroxylation is 2. The highest BCUT2D eigenvalue weighted by Gasteiger charge is 2.30. The van der Waals surface area contributed by atoms with E-state index in [0.717, 1.165) is 34.5 Å². The largest absolute Gasteiger partial charge is 0.481 e. The van der Waals surface area contributed by atoms with E-state index in [-0.39, 0.29) is 24.1 Å². The molecule has 8 heteroatoms. The Hall–Kier alpha value is -3.13. The molecular formula is C27H30F3NO4. The van der Waals surface area contributed by atoms with Crippen molar-refractivity contribution in [1.29, 1.82) is 0 Å². The monoisotopic (exact) mass is 489 g/mol. The molecule has 1 N–H and O–H groups in total. The molecule has 0 bridgehead atoms. The van der Waals surface area contributed by atoms with E-state index in [1.165, 1.54) is 12.1 Å². The maximum Gasteiger partial charge on any atom is 0.416 e. The quantitative estimate of drug-likeness (QED) is 0.328. The molecular weight excluding hydrogens is 459 g/mol. The molecule has 1 aromatic heterocycles. The molecule has 3 rings (SSSR count). The lowest BCUT2D eigenvalue weighted by atomic mass is 10.0. The van der Waals surface area contributed by atoms with E-state index >= 15 is 0 Å². The number of benzene rings is 2. The summed E-state index contributed by atoms with van der Waals surface area (Å²) in [6, 6.07) is 10.7. The predicted molar refractivity (Wildman–Crippen MR) is 126 cm³/mol. The fourth-order valence-electron chi connectivity index (χ4n) is 3.83. The topological polar surface area (TPSA) is 72.6 Å². The van der Waals surface area contributed by atoms with Crippen molar-refractivity contribution in [3.8, 4) is 11.5 Å².